The van der Waals surface area contributed by atoms with Gasteiger partial charge in [-0.3, -0.25) is 4.21 Å². The van der Waals surface area contributed by atoms with Crippen LogP contribution >= 0.6 is 0 Å². The molecule has 0 saturated carbocycles. The molecule has 2 nitrogen and oxygen atoms in total. The summed E-state index contributed by atoms with van der Waals surface area (Å²) in [5.41, 5.74) is -6.37. The molecule has 2 heterocycles. The third-order valence-electron chi connectivity index (χ3n) is 4.98. The molecule has 2 fully saturated rings. The molecule has 25 heavy (non-hydrogen) atoms. The minimum atomic E-state index is -5.03. The first-order valence-corrected chi connectivity index (χ1v) is 9.11. The molecule has 2 aliphatic heterocycles. The van der Waals surface area contributed by atoms with E-state index >= 15 is 0 Å². The number of rotatable bonds is 1. The van der Waals surface area contributed by atoms with E-state index in [4.69, 9.17) is 0 Å². The minimum absolute atomic E-state index is 0.355. The second-order valence-electron chi connectivity index (χ2n) is 6.67. The van der Waals surface area contributed by atoms with Crippen LogP contribution in [-0.2, 0) is 28.8 Å². The van der Waals surface area contributed by atoms with Crippen molar-refractivity contribution in [3.8, 4) is 0 Å². The molecule has 2 atom stereocenters. The van der Waals surface area contributed by atoms with Gasteiger partial charge in [0, 0.05) is 26.9 Å². The molecule has 2 aliphatic rings. The highest BCUT2D eigenvalue weighted by Gasteiger charge is 2.53. The fourth-order valence-electron chi connectivity index (χ4n) is 4.01. The molecular formula is C16H16F6O2S. The number of hydrogen-bond donors (Lipinski definition) is 1. The first-order valence-electron chi connectivity index (χ1n) is 7.83. The van der Waals surface area contributed by atoms with Crippen LogP contribution in [0.25, 0.3) is 0 Å². The van der Waals surface area contributed by atoms with Gasteiger partial charge in [-0.25, -0.2) is 0 Å². The standard InChI is InChI=1S/C16H16F6O2S/c17-15(18,19)11-5-2-6-12(16(20,21)22)13(11)14(23)7-9-3-1-4-10(8-14)25(9)24/h2,5-6,9-10,23H,1,3-4,7-8H2. The first-order chi connectivity index (χ1) is 11.4. The summed E-state index contributed by atoms with van der Waals surface area (Å²) >= 11 is 0. The summed E-state index contributed by atoms with van der Waals surface area (Å²) < 4.78 is 92.5. The number of halogens is 6. The Bertz CT molecular complexity index is 649. The van der Waals surface area contributed by atoms with Crippen LogP contribution in [-0.4, -0.2) is 19.8 Å². The van der Waals surface area contributed by atoms with Gasteiger partial charge in [-0.2, -0.15) is 26.3 Å². The Hall–Kier alpha value is -1.09. The summed E-state index contributed by atoms with van der Waals surface area (Å²) in [6.07, 6.45) is -9.19. The number of alkyl halides is 6. The van der Waals surface area contributed by atoms with Crippen molar-refractivity contribution in [2.24, 2.45) is 0 Å². The molecule has 140 valence electrons. The zero-order chi connectivity index (χ0) is 18.6. The van der Waals surface area contributed by atoms with E-state index in [-0.39, 0.29) is 12.8 Å². The van der Waals surface area contributed by atoms with Crippen molar-refractivity contribution in [1.82, 2.24) is 0 Å². The maximum absolute atomic E-state index is 13.4. The molecule has 0 aromatic heterocycles. The lowest BCUT2D eigenvalue weighted by molar-refractivity contribution is -0.150. The Morgan fingerprint density at radius 3 is 1.80 bits per heavy atom. The highest BCUT2D eigenvalue weighted by Crippen LogP contribution is 2.51. The van der Waals surface area contributed by atoms with Crippen LogP contribution in [0.4, 0.5) is 26.3 Å². The van der Waals surface area contributed by atoms with Crippen LogP contribution in [0.15, 0.2) is 18.2 Å². The molecule has 2 bridgehead atoms. The average Bonchev–Trinajstić information content (AvgIpc) is 2.46. The van der Waals surface area contributed by atoms with Gasteiger partial charge in [0.15, 0.2) is 0 Å². The Kier molecular flexibility index (Phi) is 4.47. The summed E-state index contributed by atoms with van der Waals surface area (Å²) in [5, 5.41) is 9.75. The summed E-state index contributed by atoms with van der Waals surface area (Å²) in [5.74, 6) is 0. The second kappa shape index (κ2) is 5.97. The summed E-state index contributed by atoms with van der Waals surface area (Å²) in [6, 6.07) is 1.81. The molecule has 1 N–H and O–H groups in total. The summed E-state index contributed by atoms with van der Waals surface area (Å²) in [7, 11) is -1.33. The van der Waals surface area contributed by atoms with Crippen LogP contribution in [0.5, 0.6) is 0 Å². The lowest BCUT2D eigenvalue weighted by atomic mass is 9.76. The molecule has 0 aliphatic carbocycles. The third kappa shape index (κ3) is 3.32. The Morgan fingerprint density at radius 2 is 1.40 bits per heavy atom. The monoisotopic (exact) mass is 386 g/mol. The lowest BCUT2D eigenvalue weighted by Gasteiger charge is -2.45. The molecule has 2 unspecified atom stereocenters. The fraction of sp³-hybridized carbons (Fsp3) is 0.625. The Balaban J connectivity index is 2.19. The maximum atomic E-state index is 13.4. The zero-order valence-corrected chi connectivity index (χ0v) is 13.8. The van der Waals surface area contributed by atoms with Gasteiger partial charge in [0.05, 0.1) is 16.7 Å². The normalized spacial score (nSPS) is 33.3. The van der Waals surface area contributed by atoms with E-state index in [9.17, 15) is 35.7 Å². The molecule has 2 saturated heterocycles. The molecule has 0 radical (unpaired) electrons. The molecule has 0 spiro atoms. The zero-order valence-electron chi connectivity index (χ0n) is 13.0. The van der Waals surface area contributed by atoms with Gasteiger partial charge >= 0.3 is 12.4 Å². The van der Waals surface area contributed by atoms with E-state index in [0.29, 0.717) is 37.5 Å². The smallest absolute Gasteiger partial charge is 0.385 e. The molecular weight excluding hydrogens is 370 g/mol. The van der Waals surface area contributed by atoms with Crippen molar-refractivity contribution in [3.63, 3.8) is 0 Å². The van der Waals surface area contributed by atoms with Crippen LogP contribution in [0, 0.1) is 0 Å². The second-order valence-corrected chi connectivity index (χ2v) is 8.66. The number of aliphatic hydroxyl groups is 1. The largest absolute Gasteiger partial charge is 0.416 e. The van der Waals surface area contributed by atoms with Crippen molar-refractivity contribution in [3.05, 3.63) is 34.9 Å². The van der Waals surface area contributed by atoms with Crippen LogP contribution in [0.3, 0.4) is 0 Å². The predicted octanol–water partition coefficient (Wildman–Crippen LogP) is 4.38. The van der Waals surface area contributed by atoms with E-state index in [1.165, 1.54) is 0 Å². The van der Waals surface area contributed by atoms with Crippen molar-refractivity contribution in [2.45, 2.75) is 60.6 Å². The fourth-order valence-corrected chi connectivity index (χ4v) is 6.24. The van der Waals surface area contributed by atoms with E-state index in [2.05, 4.69) is 0 Å². The van der Waals surface area contributed by atoms with Gasteiger partial charge in [0.2, 0.25) is 0 Å². The topological polar surface area (TPSA) is 37.3 Å². The average molecular weight is 386 g/mol. The predicted molar refractivity (Wildman–Crippen MR) is 79.1 cm³/mol. The lowest BCUT2D eigenvalue weighted by Crippen LogP contribution is -2.48. The molecule has 1 aromatic carbocycles. The van der Waals surface area contributed by atoms with Crippen molar-refractivity contribution in [2.75, 3.05) is 0 Å². The Morgan fingerprint density at radius 1 is 0.960 bits per heavy atom. The highest BCUT2D eigenvalue weighted by molar-refractivity contribution is 7.86. The van der Waals surface area contributed by atoms with Crippen molar-refractivity contribution >= 4 is 10.8 Å². The van der Waals surface area contributed by atoms with Gasteiger partial charge in [-0.1, -0.05) is 12.5 Å². The number of hydrogen-bond acceptors (Lipinski definition) is 2. The van der Waals surface area contributed by atoms with Crippen molar-refractivity contribution in [1.29, 1.82) is 0 Å². The quantitative estimate of drug-likeness (QED) is 0.728. The van der Waals surface area contributed by atoms with Crippen LogP contribution < -0.4 is 0 Å². The van der Waals surface area contributed by atoms with E-state index in [1.807, 2.05) is 0 Å². The minimum Gasteiger partial charge on any atom is -0.385 e. The molecule has 9 heteroatoms. The van der Waals surface area contributed by atoms with Crippen molar-refractivity contribution < 1.29 is 35.7 Å². The molecule has 3 rings (SSSR count). The van der Waals surface area contributed by atoms with Crippen LogP contribution in [0.1, 0.15) is 48.8 Å². The van der Waals surface area contributed by atoms with Gasteiger partial charge < -0.3 is 5.11 Å². The van der Waals surface area contributed by atoms with E-state index in [1.54, 1.807) is 0 Å². The summed E-state index contributed by atoms with van der Waals surface area (Å²) in [6.45, 7) is 0. The first kappa shape index (κ1) is 18.7. The molecule has 0 amide bonds. The van der Waals surface area contributed by atoms with Gasteiger partial charge in [0.25, 0.3) is 0 Å². The molecule has 1 aromatic rings. The van der Waals surface area contributed by atoms with Crippen LogP contribution in [0.2, 0.25) is 0 Å². The summed E-state index contributed by atoms with van der Waals surface area (Å²) in [4.78, 5) is 0. The van der Waals surface area contributed by atoms with Gasteiger partial charge in [-0.05, 0) is 37.8 Å². The van der Waals surface area contributed by atoms with Gasteiger partial charge in [0.1, 0.15) is 0 Å². The Labute approximate surface area is 142 Å². The number of fused-ring (bicyclic) bond motifs is 2. The van der Waals surface area contributed by atoms with E-state index in [0.717, 1.165) is 0 Å². The van der Waals surface area contributed by atoms with E-state index < -0.39 is 55.9 Å². The van der Waals surface area contributed by atoms with Gasteiger partial charge in [-0.15, -0.1) is 0 Å². The highest BCUT2D eigenvalue weighted by atomic mass is 32.2. The SMILES string of the molecule is O=S1C2CCCC1CC(O)(c1c(C(F)(F)F)cccc1C(F)(F)F)C2. The maximum Gasteiger partial charge on any atom is 0.416 e. The number of benzene rings is 1. The third-order valence-corrected chi connectivity index (χ3v) is 7.10.